The number of nitrogens with zero attached hydrogens (tertiary/aromatic N) is 3. The van der Waals surface area contributed by atoms with Gasteiger partial charge in [-0.15, -0.1) is 11.3 Å². The third kappa shape index (κ3) is 3.11. The molecule has 1 aromatic heterocycles. The van der Waals surface area contributed by atoms with Crippen LogP contribution in [0.15, 0.2) is 6.20 Å². The molecule has 0 saturated carbocycles. The number of hydrogen-bond acceptors (Lipinski definition) is 5. The van der Waals surface area contributed by atoms with Gasteiger partial charge in [0.25, 0.3) is 0 Å². The highest BCUT2D eigenvalue weighted by Gasteiger charge is 2.29. The first-order chi connectivity index (χ1) is 9.74. The molecule has 0 unspecified atom stereocenters. The molecule has 1 aromatic rings. The molecule has 4 nitrogen and oxygen atoms in total. The van der Waals surface area contributed by atoms with E-state index in [2.05, 4.69) is 21.7 Å². The van der Waals surface area contributed by atoms with Crippen LogP contribution in [0.2, 0.25) is 0 Å². The molecule has 3 heterocycles. The SMILES string of the molecule is Cc1cnc(N2CCC(C(=O)N3CCSCC3)CC2)s1. The zero-order valence-corrected chi connectivity index (χ0v) is 13.5. The Kier molecular flexibility index (Phi) is 4.51. The van der Waals surface area contributed by atoms with Crippen molar-refractivity contribution in [2.45, 2.75) is 19.8 Å². The molecule has 0 spiro atoms. The van der Waals surface area contributed by atoms with E-state index in [1.54, 1.807) is 11.3 Å². The first-order valence-corrected chi connectivity index (χ1v) is 9.25. The van der Waals surface area contributed by atoms with Gasteiger partial charge in [0.05, 0.1) is 0 Å². The van der Waals surface area contributed by atoms with E-state index >= 15 is 0 Å². The lowest BCUT2D eigenvalue weighted by Gasteiger charge is -2.35. The molecule has 2 aliphatic rings. The number of amides is 1. The lowest BCUT2D eigenvalue weighted by atomic mass is 9.95. The molecule has 0 atom stereocenters. The van der Waals surface area contributed by atoms with Crippen LogP contribution in [-0.2, 0) is 4.79 Å². The van der Waals surface area contributed by atoms with Gasteiger partial charge in [-0.25, -0.2) is 4.98 Å². The second-order valence-corrected chi connectivity index (χ2v) is 7.89. The summed E-state index contributed by atoms with van der Waals surface area (Å²) in [6.07, 6.45) is 3.88. The average Bonchev–Trinajstić information content (AvgIpc) is 2.94. The lowest BCUT2D eigenvalue weighted by molar-refractivity contribution is -0.135. The number of thioether (sulfide) groups is 1. The number of anilines is 1. The smallest absolute Gasteiger partial charge is 0.225 e. The Morgan fingerprint density at radius 2 is 1.95 bits per heavy atom. The highest BCUT2D eigenvalue weighted by Crippen LogP contribution is 2.28. The summed E-state index contributed by atoms with van der Waals surface area (Å²) < 4.78 is 0. The Morgan fingerprint density at radius 1 is 1.25 bits per heavy atom. The number of piperidine rings is 1. The molecule has 1 amide bonds. The maximum atomic E-state index is 12.5. The third-order valence-electron chi connectivity index (χ3n) is 4.05. The summed E-state index contributed by atoms with van der Waals surface area (Å²) in [5.41, 5.74) is 0. The van der Waals surface area contributed by atoms with Gasteiger partial charge in [0.2, 0.25) is 5.91 Å². The molecule has 110 valence electrons. The zero-order chi connectivity index (χ0) is 13.9. The molecule has 20 heavy (non-hydrogen) atoms. The predicted molar refractivity (Wildman–Crippen MR) is 85.7 cm³/mol. The van der Waals surface area contributed by atoms with Crippen LogP contribution in [-0.4, -0.2) is 53.5 Å². The number of hydrogen-bond donors (Lipinski definition) is 0. The van der Waals surface area contributed by atoms with Crippen molar-refractivity contribution < 1.29 is 4.79 Å². The predicted octanol–water partition coefficient (Wildman–Crippen LogP) is 2.24. The van der Waals surface area contributed by atoms with Gasteiger partial charge < -0.3 is 9.80 Å². The van der Waals surface area contributed by atoms with Crippen molar-refractivity contribution in [1.82, 2.24) is 9.88 Å². The first-order valence-electron chi connectivity index (χ1n) is 7.28. The fraction of sp³-hybridized carbons (Fsp3) is 0.714. The van der Waals surface area contributed by atoms with Gasteiger partial charge in [-0.3, -0.25) is 4.79 Å². The molecule has 2 saturated heterocycles. The summed E-state index contributed by atoms with van der Waals surface area (Å²) in [5, 5.41) is 1.11. The van der Waals surface area contributed by atoms with Crippen molar-refractivity contribution in [3.8, 4) is 0 Å². The Balaban J connectivity index is 1.54. The maximum Gasteiger partial charge on any atom is 0.225 e. The summed E-state index contributed by atoms with van der Waals surface area (Å²) in [6.45, 7) is 5.90. The molecule has 2 fully saturated rings. The summed E-state index contributed by atoms with van der Waals surface area (Å²) >= 11 is 3.70. The van der Waals surface area contributed by atoms with Gasteiger partial charge in [-0.1, -0.05) is 0 Å². The largest absolute Gasteiger partial charge is 0.348 e. The average molecular weight is 311 g/mol. The normalized spacial score (nSPS) is 21.2. The number of aryl methyl sites for hydroxylation is 1. The molecule has 0 N–H and O–H groups in total. The van der Waals surface area contributed by atoms with E-state index in [4.69, 9.17) is 0 Å². The van der Waals surface area contributed by atoms with E-state index < -0.39 is 0 Å². The minimum absolute atomic E-state index is 0.232. The Morgan fingerprint density at radius 3 is 2.55 bits per heavy atom. The van der Waals surface area contributed by atoms with Gasteiger partial charge in [0.1, 0.15) is 0 Å². The van der Waals surface area contributed by atoms with Crippen LogP contribution >= 0.6 is 23.1 Å². The van der Waals surface area contributed by atoms with Crippen molar-refractivity contribution in [3.63, 3.8) is 0 Å². The minimum atomic E-state index is 0.232. The van der Waals surface area contributed by atoms with Crippen LogP contribution in [0.25, 0.3) is 0 Å². The highest BCUT2D eigenvalue weighted by molar-refractivity contribution is 7.99. The van der Waals surface area contributed by atoms with Gasteiger partial charge >= 0.3 is 0 Å². The standard InChI is InChI=1S/C14H21N3OS2/c1-11-10-15-14(20-11)17-4-2-12(3-5-17)13(18)16-6-8-19-9-7-16/h10,12H,2-9H2,1H3. The van der Waals surface area contributed by atoms with Crippen LogP contribution in [0.1, 0.15) is 17.7 Å². The number of thiazole rings is 1. The lowest BCUT2D eigenvalue weighted by Crippen LogP contribution is -2.45. The molecule has 0 aromatic carbocycles. The molecule has 0 aliphatic carbocycles. The molecular weight excluding hydrogens is 290 g/mol. The summed E-state index contributed by atoms with van der Waals surface area (Å²) in [6, 6.07) is 0. The molecule has 6 heteroatoms. The first kappa shape index (κ1) is 14.2. The van der Waals surface area contributed by atoms with Crippen molar-refractivity contribution in [2.24, 2.45) is 5.92 Å². The Hall–Kier alpha value is -0.750. The second kappa shape index (κ2) is 6.35. The Labute approximate surface area is 128 Å². The molecule has 3 rings (SSSR count). The number of carbonyl (C=O) groups is 1. The minimum Gasteiger partial charge on any atom is -0.348 e. The van der Waals surface area contributed by atoms with E-state index in [1.165, 1.54) is 4.88 Å². The fourth-order valence-corrected chi connectivity index (χ4v) is 4.56. The van der Waals surface area contributed by atoms with Crippen LogP contribution in [0.3, 0.4) is 0 Å². The van der Waals surface area contributed by atoms with Crippen molar-refractivity contribution >= 4 is 34.1 Å². The third-order valence-corrected chi connectivity index (χ3v) is 5.96. The quantitative estimate of drug-likeness (QED) is 0.839. The molecule has 0 radical (unpaired) electrons. The number of carbonyl (C=O) groups excluding carboxylic acids is 1. The summed E-state index contributed by atoms with van der Waals surface area (Å²) in [5.74, 6) is 2.82. The monoisotopic (exact) mass is 311 g/mol. The Bertz CT molecular complexity index is 463. The van der Waals surface area contributed by atoms with Crippen LogP contribution in [0.4, 0.5) is 5.13 Å². The van der Waals surface area contributed by atoms with Crippen molar-refractivity contribution in [2.75, 3.05) is 42.6 Å². The van der Waals surface area contributed by atoms with Crippen LogP contribution in [0.5, 0.6) is 0 Å². The molecule has 2 aliphatic heterocycles. The van der Waals surface area contributed by atoms with E-state index in [9.17, 15) is 4.79 Å². The van der Waals surface area contributed by atoms with Gasteiger partial charge in [0, 0.05) is 54.7 Å². The fourth-order valence-electron chi connectivity index (χ4n) is 2.85. The molecular formula is C14H21N3OS2. The second-order valence-electron chi connectivity index (χ2n) is 5.45. The summed E-state index contributed by atoms with van der Waals surface area (Å²) in [7, 11) is 0. The van der Waals surface area contributed by atoms with E-state index in [1.807, 2.05) is 18.0 Å². The molecule has 0 bridgehead atoms. The number of rotatable bonds is 2. The van der Waals surface area contributed by atoms with Crippen molar-refractivity contribution in [1.29, 1.82) is 0 Å². The van der Waals surface area contributed by atoms with E-state index in [-0.39, 0.29) is 5.92 Å². The number of aromatic nitrogens is 1. The van der Waals surface area contributed by atoms with Gasteiger partial charge in [-0.05, 0) is 19.8 Å². The maximum absolute atomic E-state index is 12.5. The topological polar surface area (TPSA) is 36.4 Å². The zero-order valence-electron chi connectivity index (χ0n) is 11.9. The van der Waals surface area contributed by atoms with E-state index in [0.717, 1.165) is 55.7 Å². The van der Waals surface area contributed by atoms with Crippen LogP contribution < -0.4 is 4.90 Å². The van der Waals surface area contributed by atoms with Gasteiger partial charge in [-0.2, -0.15) is 11.8 Å². The summed E-state index contributed by atoms with van der Waals surface area (Å²) in [4.78, 5) is 22.6. The van der Waals surface area contributed by atoms with Crippen molar-refractivity contribution in [3.05, 3.63) is 11.1 Å². The van der Waals surface area contributed by atoms with Gasteiger partial charge in [0.15, 0.2) is 5.13 Å². The van der Waals surface area contributed by atoms with Crippen LogP contribution in [0, 0.1) is 12.8 Å². The highest BCUT2D eigenvalue weighted by atomic mass is 32.2. The van der Waals surface area contributed by atoms with E-state index in [0.29, 0.717) is 5.91 Å².